The summed E-state index contributed by atoms with van der Waals surface area (Å²) in [6.45, 7) is 16.9. The van der Waals surface area contributed by atoms with Crippen molar-refractivity contribution >= 4 is 0 Å². The van der Waals surface area contributed by atoms with E-state index in [1.165, 1.54) is 22.5 Å². The molecule has 14 heavy (non-hydrogen) atoms. The molecule has 1 heterocycles. The third kappa shape index (κ3) is 2.02. The van der Waals surface area contributed by atoms with Gasteiger partial charge < -0.3 is 4.57 Å². The van der Waals surface area contributed by atoms with E-state index in [9.17, 15) is 0 Å². The van der Waals surface area contributed by atoms with Gasteiger partial charge in [-0.05, 0) is 44.2 Å². The Kier molecular flexibility index (Phi) is 2.80. The predicted octanol–water partition coefficient (Wildman–Crippen LogP) is 3.77. The van der Waals surface area contributed by atoms with Crippen LogP contribution in [-0.4, -0.2) is 4.57 Å². The molecule has 0 aliphatic rings. The lowest BCUT2D eigenvalue weighted by Crippen LogP contribution is -2.17. The Hall–Kier alpha value is -0.720. The second-order valence-corrected chi connectivity index (χ2v) is 5.57. The molecule has 0 aliphatic carbocycles. The van der Waals surface area contributed by atoms with Gasteiger partial charge in [0.25, 0.3) is 0 Å². The zero-order valence-electron chi connectivity index (χ0n) is 10.7. The van der Waals surface area contributed by atoms with Crippen molar-refractivity contribution in [3.8, 4) is 0 Å². The van der Waals surface area contributed by atoms with E-state index >= 15 is 0 Å². The maximum absolute atomic E-state index is 2.45. The highest BCUT2D eigenvalue weighted by molar-refractivity contribution is 5.35. The normalized spacial score (nSPS) is 12.2. The first kappa shape index (κ1) is 11.4. The molecule has 1 rings (SSSR count). The summed E-state index contributed by atoms with van der Waals surface area (Å²) < 4.78 is 2.45. The van der Waals surface area contributed by atoms with Gasteiger partial charge in [-0.3, -0.25) is 0 Å². The van der Waals surface area contributed by atoms with E-state index in [0.29, 0.717) is 5.41 Å². The fourth-order valence-electron chi connectivity index (χ4n) is 1.91. The zero-order valence-corrected chi connectivity index (χ0v) is 10.7. The van der Waals surface area contributed by atoms with Gasteiger partial charge in [0.05, 0.1) is 0 Å². The molecule has 0 unspecified atom stereocenters. The first-order valence-corrected chi connectivity index (χ1v) is 5.37. The number of aromatic nitrogens is 1. The molecule has 0 saturated heterocycles. The van der Waals surface area contributed by atoms with Crippen molar-refractivity contribution < 1.29 is 0 Å². The monoisotopic (exact) mass is 193 g/mol. The van der Waals surface area contributed by atoms with Crippen LogP contribution in [0.5, 0.6) is 0 Å². The molecule has 0 amide bonds. The molecule has 1 aromatic rings. The summed E-state index contributed by atoms with van der Waals surface area (Å²) in [5.74, 6) is 0. The summed E-state index contributed by atoms with van der Waals surface area (Å²) in [5.41, 5.74) is 6.11. The van der Waals surface area contributed by atoms with Gasteiger partial charge >= 0.3 is 0 Å². The Morgan fingerprint density at radius 2 is 1.21 bits per heavy atom. The predicted molar refractivity (Wildman–Crippen MR) is 62.8 cm³/mol. The molecule has 0 aliphatic heterocycles. The molecule has 0 spiro atoms. The van der Waals surface area contributed by atoms with E-state index in [1.54, 1.807) is 0 Å². The van der Waals surface area contributed by atoms with Crippen LogP contribution in [0.1, 0.15) is 43.3 Å². The molecule has 1 aromatic heterocycles. The van der Waals surface area contributed by atoms with Gasteiger partial charge in [-0.2, -0.15) is 0 Å². The standard InChI is InChI=1S/C13H23N/c1-9-10(2)12(4)14(11(9)3)8-13(5,6)7/h8H2,1-7H3. The molecular weight excluding hydrogens is 170 g/mol. The molecule has 1 heteroatoms. The third-order valence-electron chi connectivity index (χ3n) is 3.09. The van der Waals surface area contributed by atoms with E-state index in [0.717, 1.165) is 6.54 Å². The minimum absolute atomic E-state index is 0.355. The van der Waals surface area contributed by atoms with Crippen molar-refractivity contribution in [3.63, 3.8) is 0 Å². The number of rotatable bonds is 1. The highest BCUT2D eigenvalue weighted by Gasteiger charge is 2.16. The Balaban J connectivity index is 3.16. The average molecular weight is 193 g/mol. The lowest BCUT2D eigenvalue weighted by molar-refractivity contribution is 0.337. The third-order valence-corrected chi connectivity index (χ3v) is 3.09. The summed E-state index contributed by atoms with van der Waals surface area (Å²) in [6, 6.07) is 0. The molecule has 0 aromatic carbocycles. The Morgan fingerprint density at radius 1 is 0.857 bits per heavy atom. The average Bonchev–Trinajstić information content (AvgIpc) is 2.20. The van der Waals surface area contributed by atoms with Crippen LogP contribution in [0.2, 0.25) is 0 Å². The van der Waals surface area contributed by atoms with E-state index < -0.39 is 0 Å². The maximum Gasteiger partial charge on any atom is 0.0273 e. The van der Waals surface area contributed by atoms with Crippen LogP contribution >= 0.6 is 0 Å². The molecule has 0 N–H and O–H groups in total. The Labute approximate surface area is 88.1 Å². The molecule has 0 atom stereocenters. The van der Waals surface area contributed by atoms with Crippen molar-refractivity contribution in [1.82, 2.24) is 4.57 Å². The van der Waals surface area contributed by atoms with Gasteiger partial charge in [0.1, 0.15) is 0 Å². The van der Waals surface area contributed by atoms with Crippen LogP contribution in [0.3, 0.4) is 0 Å². The molecule has 0 fully saturated rings. The quantitative estimate of drug-likeness (QED) is 0.640. The molecule has 0 radical (unpaired) electrons. The summed E-state index contributed by atoms with van der Waals surface area (Å²) in [6.07, 6.45) is 0. The van der Waals surface area contributed by atoms with Gasteiger partial charge in [0.2, 0.25) is 0 Å². The Morgan fingerprint density at radius 3 is 1.50 bits per heavy atom. The van der Waals surface area contributed by atoms with Gasteiger partial charge in [0.15, 0.2) is 0 Å². The van der Waals surface area contributed by atoms with Crippen LogP contribution in [0.15, 0.2) is 0 Å². The second-order valence-electron chi connectivity index (χ2n) is 5.57. The first-order chi connectivity index (χ1) is 6.24. The minimum atomic E-state index is 0.355. The number of hydrogen-bond donors (Lipinski definition) is 0. The minimum Gasteiger partial charge on any atom is -0.348 e. The fraction of sp³-hybridized carbons (Fsp3) is 0.692. The molecular formula is C13H23N. The number of nitrogens with zero attached hydrogens (tertiary/aromatic N) is 1. The fourth-order valence-corrected chi connectivity index (χ4v) is 1.91. The summed E-state index contributed by atoms with van der Waals surface area (Å²) in [7, 11) is 0. The van der Waals surface area contributed by atoms with Crippen LogP contribution < -0.4 is 0 Å². The first-order valence-electron chi connectivity index (χ1n) is 5.37. The van der Waals surface area contributed by atoms with Gasteiger partial charge in [-0.15, -0.1) is 0 Å². The Bertz CT molecular complexity index is 312. The highest BCUT2D eigenvalue weighted by Crippen LogP contribution is 2.25. The maximum atomic E-state index is 2.45. The van der Waals surface area contributed by atoms with Crippen molar-refractivity contribution in [2.75, 3.05) is 0 Å². The molecule has 1 nitrogen and oxygen atoms in total. The van der Waals surface area contributed by atoms with Crippen LogP contribution in [-0.2, 0) is 6.54 Å². The summed E-state index contributed by atoms with van der Waals surface area (Å²) in [5, 5.41) is 0. The van der Waals surface area contributed by atoms with Gasteiger partial charge in [-0.25, -0.2) is 0 Å². The van der Waals surface area contributed by atoms with Crippen molar-refractivity contribution in [3.05, 3.63) is 22.5 Å². The largest absolute Gasteiger partial charge is 0.348 e. The second kappa shape index (κ2) is 3.45. The summed E-state index contributed by atoms with van der Waals surface area (Å²) in [4.78, 5) is 0. The zero-order chi connectivity index (χ0) is 11.1. The molecule has 0 saturated carbocycles. The van der Waals surface area contributed by atoms with E-state index in [-0.39, 0.29) is 0 Å². The highest BCUT2D eigenvalue weighted by atomic mass is 15.0. The van der Waals surface area contributed by atoms with Crippen LogP contribution in [0, 0.1) is 33.1 Å². The van der Waals surface area contributed by atoms with Crippen LogP contribution in [0.4, 0.5) is 0 Å². The molecule has 0 bridgehead atoms. The van der Waals surface area contributed by atoms with Gasteiger partial charge in [-0.1, -0.05) is 20.8 Å². The topological polar surface area (TPSA) is 4.93 Å². The van der Waals surface area contributed by atoms with E-state index in [4.69, 9.17) is 0 Å². The summed E-state index contributed by atoms with van der Waals surface area (Å²) >= 11 is 0. The van der Waals surface area contributed by atoms with Crippen LogP contribution in [0.25, 0.3) is 0 Å². The lowest BCUT2D eigenvalue weighted by Gasteiger charge is -2.22. The van der Waals surface area contributed by atoms with Crippen molar-refractivity contribution in [2.24, 2.45) is 5.41 Å². The smallest absolute Gasteiger partial charge is 0.0273 e. The lowest BCUT2D eigenvalue weighted by atomic mass is 9.96. The van der Waals surface area contributed by atoms with Crippen molar-refractivity contribution in [1.29, 1.82) is 0 Å². The van der Waals surface area contributed by atoms with Gasteiger partial charge in [0, 0.05) is 17.9 Å². The van der Waals surface area contributed by atoms with Crippen molar-refractivity contribution in [2.45, 2.75) is 55.0 Å². The van der Waals surface area contributed by atoms with E-state index in [1.807, 2.05) is 0 Å². The van der Waals surface area contributed by atoms with E-state index in [2.05, 4.69) is 53.0 Å². The molecule has 80 valence electrons. The SMILES string of the molecule is Cc1c(C)c(C)n(CC(C)(C)C)c1C. The number of hydrogen-bond acceptors (Lipinski definition) is 0.